The van der Waals surface area contributed by atoms with Crippen LogP contribution < -0.4 is 11.1 Å². The van der Waals surface area contributed by atoms with Crippen LogP contribution in [-0.4, -0.2) is 74.5 Å². The number of aliphatic hydroxyl groups is 4. The SMILES string of the molecule is NC1=N[C@H]2O[C@H]3[C@@]4(O)O[C@H]5[C@@H](O)[C@@]3(N1)[C@@H]2[C@@H]4[C@@]5(O)CO. The molecule has 6 rings (SSSR count). The highest BCUT2D eigenvalue weighted by Gasteiger charge is 2.92. The van der Waals surface area contributed by atoms with Crippen molar-refractivity contribution in [2.45, 2.75) is 41.5 Å². The molecule has 7 N–H and O–H groups in total. The standard InChI is InChI=1S/C11H15N3O6/c12-8-13-6-2-3-9(17,1-15)5-4(16)10(2,14-8)7(19-6)11(3,18)20-5/h2-7,15-18H,1H2,(H3,12,13,14)/t2-,3-,4-,5+,6+,7-,9+,10+,11+/m1/s1. The molecule has 1 spiro atoms. The lowest BCUT2D eigenvalue weighted by Crippen LogP contribution is -2.77. The van der Waals surface area contributed by atoms with Gasteiger partial charge in [-0.25, -0.2) is 4.99 Å². The summed E-state index contributed by atoms with van der Waals surface area (Å²) < 4.78 is 11.1. The number of nitrogens with two attached hydrogens (primary N) is 1. The summed E-state index contributed by atoms with van der Waals surface area (Å²) in [5, 5.41) is 44.6. The average Bonchev–Trinajstić information content (AvgIpc) is 2.81. The zero-order valence-electron chi connectivity index (χ0n) is 10.3. The Morgan fingerprint density at radius 2 is 2.15 bits per heavy atom. The Bertz CT molecular complexity index is 558. The van der Waals surface area contributed by atoms with Gasteiger partial charge in [0.05, 0.1) is 12.5 Å². The summed E-state index contributed by atoms with van der Waals surface area (Å²) >= 11 is 0. The minimum Gasteiger partial charge on any atom is -0.393 e. The Kier molecular flexibility index (Phi) is 1.65. The molecule has 4 aliphatic heterocycles. The van der Waals surface area contributed by atoms with Crippen molar-refractivity contribution >= 4 is 5.96 Å². The Balaban J connectivity index is 1.78. The Morgan fingerprint density at radius 1 is 1.40 bits per heavy atom. The zero-order chi connectivity index (χ0) is 14.1. The Hall–Kier alpha value is -0.970. The quantitative estimate of drug-likeness (QED) is 0.284. The molecule has 0 aromatic rings. The van der Waals surface area contributed by atoms with E-state index in [-0.39, 0.29) is 5.96 Å². The van der Waals surface area contributed by atoms with Crippen LogP contribution in [0.25, 0.3) is 0 Å². The van der Waals surface area contributed by atoms with Crippen molar-refractivity contribution < 1.29 is 29.9 Å². The molecule has 20 heavy (non-hydrogen) atoms. The van der Waals surface area contributed by atoms with Crippen LogP contribution in [0.1, 0.15) is 0 Å². The number of nitrogens with zero attached hydrogens (tertiary/aromatic N) is 1. The second-order valence-corrected chi connectivity index (χ2v) is 6.37. The third-order valence-electron chi connectivity index (χ3n) is 5.74. The van der Waals surface area contributed by atoms with Gasteiger partial charge in [0.2, 0.25) is 5.79 Å². The first-order valence-corrected chi connectivity index (χ1v) is 6.58. The van der Waals surface area contributed by atoms with Gasteiger partial charge in [-0.05, 0) is 0 Å². The Morgan fingerprint density at radius 3 is 2.85 bits per heavy atom. The number of aliphatic hydroxyl groups excluding tert-OH is 2. The first kappa shape index (κ1) is 11.7. The van der Waals surface area contributed by atoms with Gasteiger partial charge in [0.25, 0.3) is 0 Å². The first-order valence-electron chi connectivity index (χ1n) is 6.58. The van der Waals surface area contributed by atoms with E-state index in [2.05, 4.69) is 10.3 Å². The topological polar surface area (TPSA) is 150 Å². The molecule has 0 amide bonds. The first-order chi connectivity index (χ1) is 9.39. The second kappa shape index (κ2) is 2.82. The molecular formula is C11H15N3O6. The van der Waals surface area contributed by atoms with Crippen molar-refractivity contribution in [2.75, 3.05) is 6.61 Å². The van der Waals surface area contributed by atoms with Crippen molar-refractivity contribution in [1.82, 2.24) is 5.32 Å². The van der Waals surface area contributed by atoms with Crippen molar-refractivity contribution in [2.24, 2.45) is 22.6 Å². The molecule has 0 aromatic carbocycles. The van der Waals surface area contributed by atoms with Crippen molar-refractivity contribution in [1.29, 1.82) is 0 Å². The smallest absolute Gasteiger partial charge is 0.201 e. The molecule has 4 heterocycles. The van der Waals surface area contributed by atoms with Gasteiger partial charge in [-0.1, -0.05) is 0 Å². The van der Waals surface area contributed by atoms with Gasteiger partial charge in [0.1, 0.15) is 29.5 Å². The van der Waals surface area contributed by atoms with Crippen molar-refractivity contribution in [3.8, 4) is 0 Å². The number of hydrogen-bond donors (Lipinski definition) is 6. The molecule has 110 valence electrons. The maximum absolute atomic E-state index is 10.8. The van der Waals surface area contributed by atoms with Gasteiger partial charge < -0.3 is 41.0 Å². The molecule has 2 saturated carbocycles. The molecule has 2 aliphatic carbocycles. The molecule has 0 radical (unpaired) electrons. The van der Waals surface area contributed by atoms with E-state index in [0.29, 0.717) is 0 Å². The van der Waals surface area contributed by atoms with E-state index in [9.17, 15) is 20.4 Å². The van der Waals surface area contributed by atoms with Crippen LogP contribution in [0.4, 0.5) is 0 Å². The fourth-order valence-corrected chi connectivity index (χ4v) is 5.19. The van der Waals surface area contributed by atoms with Crippen LogP contribution in [0.5, 0.6) is 0 Å². The maximum Gasteiger partial charge on any atom is 0.201 e. The van der Waals surface area contributed by atoms with Crippen LogP contribution in [0, 0.1) is 11.8 Å². The minimum absolute atomic E-state index is 0.130. The summed E-state index contributed by atoms with van der Waals surface area (Å²) in [6.45, 7) is -0.618. The van der Waals surface area contributed by atoms with E-state index in [0.717, 1.165) is 0 Å². The monoisotopic (exact) mass is 285 g/mol. The van der Waals surface area contributed by atoms with Crippen LogP contribution in [0.3, 0.4) is 0 Å². The molecule has 9 heteroatoms. The van der Waals surface area contributed by atoms with Gasteiger partial charge in [-0.3, -0.25) is 0 Å². The average molecular weight is 285 g/mol. The minimum atomic E-state index is -1.75. The van der Waals surface area contributed by atoms with E-state index in [1.54, 1.807) is 0 Å². The predicted molar refractivity (Wildman–Crippen MR) is 61.0 cm³/mol. The van der Waals surface area contributed by atoms with E-state index >= 15 is 0 Å². The maximum atomic E-state index is 10.8. The molecule has 5 fully saturated rings. The van der Waals surface area contributed by atoms with E-state index in [1.165, 1.54) is 0 Å². The van der Waals surface area contributed by atoms with Gasteiger partial charge in [-0.15, -0.1) is 0 Å². The summed E-state index contributed by atoms with van der Waals surface area (Å²) in [5.41, 5.74) is 2.97. The summed E-state index contributed by atoms with van der Waals surface area (Å²) in [5.74, 6) is -2.93. The van der Waals surface area contributed by atoms with Crippen LogP contribution >= 0.6 is 0 Å². The van der Waals surface area contributed by atoms with E-state index in [4.69, 9.17) is 15.2 Å². The predicted octanol–water partition coefficient (Wildman–Crippen LogP) is -4.20. The third kappa shape index (κ3) is 0.798. The summed E-state index contributed by atoms with van der Waals surface area (Å²) in [6, 6.07) is 0. The molecule has 6 aliphatic rings. The number of aliphatic imine (C=N–C) groups is 1. The van der Waals surface area contributed by atoms with Gasteiger partial charge in [-0.2, -0.15) is 0 Å². The molecular weight excluding hydrogens is 270 g/mol. The lowest BCUT2D eigenvalue weighted by atomic mass is 9.63. The lowest BCUT2D eigenvalue weighted by Gasteiger charge is -2.51. The number of guanidine groups is 1. The molecule has 0 aromatic heterocycles. The molecule has 7 bridgehead atoms. The molecule has 3 saturated heterocycles. The number of nitrogens with one attached hydrogen (secondary N) is 1. The summed E-state index contributed by atoms with van der Waals surface area (Å²) in [4.78, 5) is 4.11. The van der Waals surface area contributed by atoms with E-state index < -0.39 is 59.9 Å². The second-order valence-electron chi connectivity index (χ2n) is 6.37. The highest BCUT2D eigenvalue weighted by molar-refractivity contribution is 5.81. The molecule has 9 nitrogen and oxygen atoms in total. The normalized spacial score (nSPS) is 68.3. The summed E-state index contributed by atoms with van der Waals surface area (Å²) in [6.07, 6.45) is -3.84. The van der Waals surface area contributed by atoms with Crippen molar-refractivity contribution in [3.05, 3.63) is 0 Å². The van der Waals surface area contributed by atoms with Gasteiger partial charge in [0.15, 0.2) is 12.2 Å². The largest absolute Gasteiger partial charge is 0.393 e. The Labute approximate surface area is 113 Å². The summed E-state index contributed by atoms with van der Waals surface area (Å²) in [7, 11) is 0. The molecule has 0 unspecified atom stereocenters. The fourth-order valence-electron chi connectivity index (χ4n) is 5.19. The molecule has 9 atom stereocenters. The third-order valence-corrected chi connectivity index (χ3v) is 5.74. The van der Waals surface area contributed by atoms with Gasteiger partial charge in [0, 0.05) is 5.92 Å². The highest BCUT2D eigenvalue weighted by Crippen LogP contribution is 2.71. The highest BCUT2D eigenvalue weighted by atomic mass is 16.7. The zero-order valence-corrected chi connectivity index (χ0v) is 10.3. The van der Waals surface area contributed by atoms with Gasteiger partial charge >= 0.3 is 0 Å². The lowest BCUT2D eigenvalue weighted by molar-refractivity contribution is -0.308. The number of rotatable bonds is 1. The van der Waals surface area contributed by atoms with Crippen LogP contribution in [-0.2, 0) is 9.47 Å². The van der Waals surface area contributed by atoms with Crippen LogP contribution in [0.15, 0.2) is 4.99 Å². The fraction of sp³-hybridized carbons (Fsp3) is 0.909. The number of hydrogen-bond acceptors (Lipinski definition) is 9. The van der Waals surface area contributed by atoms with Crippen molar-refractivity contribution in [3.63, 3.8) is 0 Å². The van der Waals surface area contributed by atoms with Crippen LogP contribution in [0.2, 0.25) is 0 Å². The number of ether oxygens (including phenoxy) is 2. The van der Waals surface area contributed by atoms with E-state index in [1.807, 2.05) is 0 Å².